The molecule has 0 atom stereocenters. The molecule has 42 heavy (non-hydrogen) atoms. The molecule has 8 nitrogen and oxygen atoms in total. The summed E-state index contributed by atoms with van der Waals surface area (Å²) in [5.41, 5.74) is 5.10. The number of nitrogens with one attached hydrogen (secondary N) is 2. The minimum atomic E-state index is -0.521. The second kappa shape index (κ2) is 14.5. The van der Waals surface area contributed by atoms with Gasteiger partial charge in [-0.2, -0.15) is 5.10 Å². The lowest BCUT2D eigenvalue weighted by molar-refractivity contribution is 0.0956. The van der Waals surface area contributed by atoms with Crippen molar-refractivity contribution in [1.82, 2.24) is 15.3 Å². The summed E-state index contributed by atoms with van der Waals surface area (Å²) in [4.78, 5) is 35.0. The molecular weight excluding hydrogens is 599 g/mol. The maximum absolute atomic E-state index is 13.4. The van der Waals surface area contributed by atoms with Gasteiger partial charge in [0.25, 0.3) is 11.8 Å². The van der Waals surface area contributed by atoms with Crippen LogP contribution in [0.5, 0.6) is 0 Å². The van der Waals surface area contributed by atoms with E-state index in [2.05, 4.69) is 46.6 Å². The van der Waals surface area contributed by atoms with Crippen LogP contribution in [0.1, 0.15) is 39.3 Å². The van der Waals surface area contributed by atoms with Crippen LogP contribution in [0.2, 0.25) is 0 Å². The molecule has 0 saturated carbocycles. The fraction of sp³-hybridized carbons (Fsp3) is 0.188. The standard InChI is InChI=1S/C31H28BrFN6O2.CH4/c32-25-11-12-28(27(19-25)31(41)37-35-20-23-4-3-5-26(33)18-23)36-30(40)24-9-7-22(8-10-24)21-38-14-16-39(17-15-38)29-6-1-2-13-34-29;/h1-13,18-20H,14-17,21H2,(H,36,40)(H,37,41);1H4/b35-20+;. The van der Waals surface area contributed by atoms with Gasteiger partial charge in [-0.3, -0.25) is 14.5 Å². The third-order valence-electron chi connectivity index (χ3n) is 6.67. The molecule has 2 heterocycles. The van der Waals surface area contributed by atoms with Gasteiger partial charge in [-0.15, -0.1) is 0 Å². The number of carbonyl (C=O) groups excluding carboxylic acids is 2. The van der Waals surface area contributed by atoms with Crippen molar-refractivity contribution in [3.05, 3.63) is 124 Å². The number of pyridine rings is 1. The molecule has 0 spiro atoms. The minimum Gasteiger partial charge on any atom is -0.354 e. The molecule has 2 amide bonds. The topological polar surface area (TPSA) is 89.9 Å². The van der Waals surface area contributed by atoms with Gasteiger partial charge >= 0.3 is 0 Å². The SMILES string of the molecule is C.O=C(Nc1ccc(Br)cc1C(=O)N/N=C/c1cccc(F)c1)c1ccc(CN2CCN(c3ccccn3)CC2)cc1. The summed E-state index contributed by atoms with van der Waals surface area (Å²) < 4.78 is 14.0. The number of rotatable bonds is 8. The largest absolute Gasteiger partial charge is 0.354 e. The van der Waals surface area contributed by atoms with Crippen molar-refractivity contribution in [3.63, 3.8) is 0 Å². The lowest BCUT2D eigenvalue weighted by atomic mass is 10.1. The maximum Gasteiger partial charge on any atom is 0.273 e. The molecule has 216 valence electrons. The smallest absolute Gasteiger partial charge is 0.273 e. The molecule has 0 bridgehead atoms. The van der Waals surface area contributed by atoms with Crippen LogP contribution in [-0.2, 0) is 6.54 Å². The van der Waals surface area contributed by atoms with Crippen molar-refractivity contribution >= 4 is 45.5 Å². The molecule has 1 aliphatic rings. The van der Waals surface area contributed by atoms with Crippen LogP contribution in [0.15, 0.2) is 101 Å². The lowest BCUT2D eigenvalue weighted by Gasteiger charge is -2.35. The van der Waals surface area contributed by atoms with E-state index in [9.17, 15) is 14.0 Å². The Morgan fingerprint density at radius 3 is 2.43 bits per heavy atom. The molecule has 3 aromatic carbocycles. The number of halogens is 2. The number of aromatic nitrogens is 1. The first kappa shape index (κ1) is 30.5. The van der Waals surface area contributed by atoms with E-state index in [1.54, 1.807) is 42.5 Å². The first-order valence-corrected chi connectivity index (χ1v) is 13.9. The highest BCUT2D eigenvalue weighted by molar-refractivity contribution is 9.10. The monoisotopic (exact) mass is 630 g/mol. The highest BCUT2D eigenvalue weighted by Gasteiger charge is 2.19. The average Bonchev–Trinajstić information content (AvgIpc) is 2.99. The summed E-state index contributed by atoms with van der Waals surface area (Å²) in [6.07, 6.45) is 3.16. The molecule has 1 saturated heterocycles. The van der Waals surface area contributed by atoms with Crippen molar-refractivity contribution in [2.24, 2.45) is 5.10 Å². The van der Waals surface area contributed by atoms with Crippen molar-refractivity contribution < 1.29 is 14.0 Å². The number of hydrogen-bond donors (Lipinski definition) is 2. The van der Waals surface area contributed by atoms with Crippen LogP contribution in [-0.4, -0.2) is 54.1 Å². The molecule has 2 N–H and O–H groups in total. The number of amides is 2. The normalized spacial score (nSPS) is 13.4. The third-order valence-corrected chi connectivity index (χ3v) is 7.16. The Labute approximate surface area is 253 Å². The van der Waals surface area contributed by atoms with Gasteiger partial charge in [-0.05, 0) is 65.7 Å². The van der Waals surface area contributed by atoms with E-state index in [1.807, 2.05) is 36.5 Å². The summed E-state index contributed by atoms with van der Waals surface area (Å²) in [6, 6.07) is 24.3. The van der Waals surface area contributed by atoms with Crippen LogP contribution in [0, 0.1) is 5.82 Å². The highest BCUT2D eigenvalue weighted by Crippen LogP contribution is 2.22. The van der Waals surface area contributed by atoms with Crippen molar-refractivity contribution in [2.45, 2.75) is 14.0 Å². The van der Waals surface area contributed by atoms with E-state index in [0.29, 0.717) is 21.3 Å². The van der Waals surface area contributed by atoms with Crippen LogP contribution in [0.3, 0.4) is 0 Å². The van der Waals surface area contributed by atoms with Crippen molar-refractivity contribution in [2.75, 3.05) is 36.4 Å². The summed E-state index contributed by atoms with van der Waals surface area (Å²) in [6.45, 7) is 4.48. The van der Waals surface area contributed by atoms with Gasteiger partial charge in [0.2, 0.25) is 0 Å². The first-order valence-electron chi connectivity index (χ1n) is 13.1. The van der Waals surface area contributed by atoms with Gasteiger partial charge in [0, 0.05) is 49.0 Å². The number of anilines is 2. The number of carbonyl (C=O) groups is 2. The van der Waals surface area contributed by atoms with E-state index >= 15 is 0 Å². The zero-order valence-corrected chi connectivity index (χ0v) is 23.7. The van der Waals surface area contributed by atoms with E-state index in [-0.39, 0.29) is 18.9 Å². The van der Waals surface area contributed by atoms with Crippen molar-refractivity contribution in [3.8, 4) is 0 Å². The molecule has 1 aliphatic heterocycles. The molecule has 1 aromatic heterocycles. The first-order chi connectivity index (χ1) is 19.9. The van der Waals surface area contributed by atoms with Crippen LogP contribution in [0.4, 0.5) is 15.9 Å². The summed E-state index contributed by atoms with van der Waals surface area (Å²) in [5, 5.41) is 6.74. The average molecular weight is 632 g/mol. The lowest BCUT2D eigenvalue weighted by Crippen LogP contribution is -2.46. The van der Waals surface area contributed by atoms with E-state index in [1.165, 1.54) is 18.3 Å². The fourth-order valence-corrected chi connectivity index (χ4v) is 4.88. The summed E-state index contributed by atoms with van der Waals surface area (Å²) >= 11 is 3.37. The van der Waals surface area contributed by atoms with E-state index < -0.39 is 11.7 Å². The van der Waals surface area contributed by atoms with Crippen LogP contribution in [0.25, 0.3) is 0 Å². The van der Waals surface area contributed by atoms with Gasteiger partial charge in [0.15, 0.2) is 0 Å². The van der Waals surface area contributed by atoms with Gasteiger partial charge in [-0.1, -0.05) is 53.7 Å². The van der Waals surface area contributed by atoms with Gasteiger partial charge in [0.05, 0.1) is 17.5 Å². The molecule has 0 aliphatic carbocycles. The van der Waals surface area contributed by atoms with Gasteiger partial charge in [0.1, 0.15) is 11.6 Å². The number of piperazine rings is 1. The zero-order chi connectivity index (χ0) is 28.6. The molecule has 0 unspecified atom stereocenters. The highest BCUT2D eigenvalue weighted by atomic mass is 79.9. The fourth-order valence-electron chi connectivity index (χ4n) is 4.52. The third kappa shape index (κ3) is 8.08. The van der Waals surface area contributed by atoms with Gasteiger partial charge in [-0.25, -0.2) is 14.8 Å². The predicted molar refractivity (Wildman–Crippen MR) is 168 cm³/mol. The van der Waals surface area contributed by atoms with Gasteiger partial charge < -0.3 is 10.2 Å². The van der Waals surface area contributed by atoms with Crippen molar-refractivity contribution in [1.29, 1.82) is 0 Å². The predicted octanol–water partition coefficient (Wildman–Crippen LogP) is 5.96. The Morgan fingerprint density at radius 2 is 1.71 bits per heavy atom. The Bertz CT molecular complexity index is 1540. The summed E-state index contributed by atoms with van der Waals surface area (Å²) in [7, 11) is 0. The molecule has 10 heteroatoms. The Morgan fingerprint density at radius 1 is 0.929 bits per heavy atom. The Balaban J connectivity index is 0.00000405. The van der Waals surface area contributed by atoms with Crippen LogP contribution < -0.4 is 15.6 Å². The minimum absolute atomic E-state index is 0. The maximum atomic E-state index is 13.4. The van der Waals surface area contributed by atoms with Crippen LogP contribution >= 0.6 is 15.9 Å². The number of hydrogen-bond acceptors (Lipinski definition) is 6. The molecular formula is C32H32BrFN6O2. The number of benzene rings is 3. The Kier molecular flexibility index (Phi) is 10.5. The number of hydrazone groups is 1. The zero-order valence-electron chi connectivity index (χ0n) is 22.1. The molecule has 0 radical (unpaired) electrons. The second-order valence-corrected chi connectivity index (χ2v) is 10.5. The molecule has 5 rings (SSSR count). The molecule has 4 aromatic rings. The molecule has 1 fully saturated rings. The van der Waals surface area contributed by atoms with E-state index in [4.69, 9.17) is 0 Å². The summed E-state index contributed by atoms with van der Waals surface area (Å²) in [5.74, 6) is -0.247. The Hall–Kier alpha value is -4.41. The van der Waals surface area contributed by atoms with E-state index in [0.717, 1.165) is 44.1 Å². The second-order valence-electron chi connectivity index (χ2n) is 9.55. The quantitative estimate of drug-likeness (QED) is 0.185. The number of nitrogens with zero attached hydrogens (tertiary/aromatic N) is 4.